The Morgan fingerprint density at radius 2 is 1.39 bits per heavy atom. The van der Waals surface area contributed by atoms with Crippen LogP contribution < -0.4 is 17.2 Å². The van der Waals surface area contributed by atoms with Crippen molar-refractivity contribution in [1.82, 2.24) is 0 Å². The lowest BCUT2D eigenvalue weighted by atomic mass is 10.2. The van der Waals surface area contributed by atoms with Crippen LogP contribution in [0.4, 0.5) is 0 Å². The van der Waals surface area contributed by atoms with E-state index < -0.39 is 18.0 Å². The van der Waals surface area contributed by atoms with Gasteiger partial charge in [0.15, 0.2) is 0 Å². The summed E-state index contributed by atoms with van der Waals surface area (Å²) in [6.45, 7) is 1.65. The number of unbranched alkanes of at least 4 members (excludes halogenated alkanes) is 3. The van der Waals surface area contributed by atoms with Crippen molar-refractivity contribution in [3.8, 4) is 0 Å². The maximum Gasteiger partial charge on any atom is 0.320 e. The molecule has 0 heterocycles. The van der Waals surface area contributed by atoms with Gasteiger partial charge in [0, 0.05) is 6.42 Å². The van der Waals surface area contributed by atoms with E-state index in [1.165, 1.54) is 12.8 Å². The van der Waals surface area contributed by atoms with Gasteiger partial charge in [-0.3, -0.25) is 9.59 Å². The van der Waals surface area contributed by atoms with E-state index in [1.807, 2.05) is 0 Å². The highest BCUT2D eigenvalue weighted by Crippen LogP contribution is 1.95. The van der Waals surface area contributed by atoms with E-state index in [1.54, 1.807) is 0 Å². The molecule has 0 rings (SSSR count). The molecule has 0 radical (unpaired) electrons. The largest absolute Gasteiger partial charge is 0.481 e. The van der Waals surface area contributed by atoms with Gasteiger partial charge in [-0.15, -0.1) is 0 Å². The standard InChI is InChI=1S/C6H16N2.C5H9NO4/c7-5-3-1-2-4-6-8;6-3(5(9)10)1-2-4(7)8/h1-8H2;3H,1-2,6H2,(H,7,8)(H,9,10)/t;3-/m.0/s1. The second-order valence-electron chi connectivity index (χ2n) is 3.87. The van der Waals surface area contributed by atoms with Crippen LogP contribution in [0, 0.1) is 0 Å². The zero-order valence-corrected chi connectivity index (χ0v) is 10.7. The summed E-state index contributed by atoms with van der Waals surface area (Å²) in [5.41, 5.74) is 15.6. The van der Waals surface area contributed by atoms with Gasteiger partial charge in [0.05, 0.1) is 0 Å². The van der Waals surface area contributed by atoms with Crippen molar-refractivity contribution in [2.45, 2.75) is 44.6 Å². The van der Waals surface area contributed by atoms with Crippen LogP contribution in [0.25, 0.3) is 0 Å². The maximum absolute atomic E-state index is 9.99. The van der Waals surface area contributed by atoms with Crippen molar-refractivity contribution >= 4 is 11.9 Å². The average molecular weight is 263 g/mol. The Morgan fingerprint density at radius 3 is 1.67 bits per heavy atom. The molecule has 18 heavy (non-hydrogen) atoms. The number of rotatable bonds is 9. The van der Waals surface area contributed by atoms with E-state index >= 15 is 0 Å². The number of carboxylic acid groups (broad SMARTS) is 2. The zero-order valence-electron chi connectivity index (χ0n) is 10.7. The Kier molecular flexibility index (Phi) is 14.8. The molecular weight excluding hydrogens is 238 g/mol. The molecule has 0 aromatic heterocycles. The van der Waals surface area contributed by atoms with E-state index in [-0.39, 0.29) is 12.8 Å². The molecule has 0 fully saturated rings. The number of carboxylic acids is 2. The third kappa shape index (κ3) is 17.2. The third-order valence-electron chi connectivity index (χ3n) is 2.14. The Hall–Kier alpha value is -1.18. The predicted octanol–water partition coefficient (Wildman–Crippen LogP) is -0.273. The third-order valence-corrected chi connectivity index (χ3v) is 2.14. The summed E-state index contributed by atoms with van der Waals surface area (Å²) in [7, 11) is 0. The predicted molar refractivity (Wildman–Crippen MR) is 69.1 cm³/mol. The lowest BCUT2D eigenvalue weighted by molar-refractivity contribution is -0.139. The first-order valence-electron chi connectivity index (χ1n) is 6.06. The first-order chi connectivity index (χ1) is 8.45. The van der Waals surface area contributed by atoms with Crippen molar-refractivity contribution in [1.29, 1.82) is 0 Å². The molecular formula is C11H25N3O4. The molecule has 0 bridgehead atoms. The molecule has 0 aromatic carbocycles. The van der Waals surface area contributed by atoms with Crippen molar-refractivity contribution in [3.63, 3.8) is 0 Å². The van der Waals surface area contributed by atoms with Gasteiger partial charge in [-0.05, 0) is 32.4 Å². The molecule has 0 unspecified atom stereocenters. The number of hydrogen-bond acceptors (Lipinski definition) is 5. The fraction of sp³-hybridized carbons (Fsp3) is 0.818. The lowest BCUT2D eigenvalue weighted by Gasteiger charge is -2.01. The number of aliphatic carboxylic acids is 2. The minimum absolute atomic E-state index is 0.0231. The van der Waals surface area contributed by atoms with Crippen molar-refractivity contribution in [3.05, 3.63) is 0 Å². The topological polar surface area (TPSA) is 153 Å². The summed E-state index contributed by atoms with van der Waals surface area (Å²) in [4.78, 5) is 19.9. The van der Waals surface area contributed by atoms with E-state index in [2.05, 4.69) is 0 Å². The van der Waals surface area contributed by atoms with Crippen molar-refractivity contribution in [2.75, 3.05) is 13.1 Å². The highest BCUT2D eigenvalue weighted by atomic mass is 16.4. The lowest BCUT2D eigenvalue weighted by Crippen LogP contribution is -2.30. The van der Waals surface area contributed by atoms with Crippen LogP contribution in [0.3, 0.4) is 0 Å². The average Bonchev–Trinajstić information content (AvgIpc) is 2.32. The molecule has 0 spiro atoms. The van der Waals surface area contributed by atoms with Crippen LogP contribution in [-0.2, 0) is 9.59 Å². The molecule has 1 atom stereocenters. The van der Waals surface area contributed by atoms with E-state index in [4.69, 9.17) is 27.4 Å². The fourth-order valence-electron chi connectivity index (χ4n) is 1.04. The smallest absolute Gasteiger partial charge is 0.320 e. The SMILES string of the molecule is NCCCCCCN.N[C@@H](CCC(=O)O)C(=O)O. The van der Waals surface area contributed by atoms with Gasteiger partial charge in [-0.25, -0.2) is 0 Å². The van der Waals surface area contributed by atoms with Crippen LogP contribution in [0.2, 0.25) is 0 Å². The van der Waals surface area contributed by atoms with Gasteiger partial charge in [-0.2, -0.15) is 0 Å². The highest BCUT2D eigenvalue weighted by molar-refractivity contribution is 5.74. The summed E-state index contributed by atoms with van der Waals surface area (Å²) in [5, 5.41) is 16.3. The molecule has 7 heteroatoms. The van der Waals surface area contributed by atoms with Gasteiger partial charge in [-0.1, -0.05) is 12.8 Å². The summed E-state index contributed by atoms with van der Waals surface area (Å²) in [5.74, 6) is -2.20. The Balaban J connectivity index is 0. The van der Waals surface area contributed by atoms with Crippen LogP contribution >= 0.6 is 0 Å². The molecule has 0 aliphatic rings. The zero-order chi connectivity index (χ0) is 14.4. The van der Waals surface area contributed by atoms with Gasteiger partial charge in [0.25, 0.3) is 0 Å². The Bertz CT molecular complexity index is 218. The van der Waals surface area contributed by atoms with Crippen LogP contribution in [0.1, 0.15) is 38.5 Å². The summed E-state index contributed by atoms with van der Waals surface area (Å²) in [6.07, 6.45) is 4.57. The molecule has 0 aliphatic carbocycles. The molecule has 7 nitrogen and oxygen atoms in total. The Morgan fingerprint density at radius 1 is 0.944 bits per heavy atom. The minimum atomic E-state index is -1.17. The molecule has 0 saturated carbocycles. The summed E-state index contributed by atoms with van der Waals surface area (Å²) in [6, 6.07) is -1.06. The van der Waals surface area contributed by atoms with Crippen molar-refractivity contribution in [2.24, 2.45) is 17.2 Å². The minimum Gasteiger partial charge on any atom is -0.481 e. The molecule has 0 aliphatic heterocycles. The maximum atomic E-state index is 9.99. The molecule has 108 valence electrons. The first-order valence-corrected chi connectivity index (χ1v) is 6.06. The van der Waals surface area contributed by atoms with Crippen LogP contribution in [-0.4, -0.2) is 41.3 Å². The van der Waals surface area contributed by atoms with Gasteiger partial charge < -0.3 is 27.4 Å². The van der Waals surface area contributed by atoms with E-state index in [9.17, 15) is 9.59 Å². The quantitative estimate of drug-likeness (QED) is 0.359. The van der Waals surface area contributed by atoms with E-state index in [0.29, 0.717) is 0 Å². The van der Waals surface area contributed by atoms with Gasteiger partial charge in [0.2, 0.25) is 0 Å². The molecule has 0 saturated heterocycles. The van der Waals surface area contributed by atoms with Crippen LogP contribution in [0.5, 0.6) is 0 Å². The normalized spacial score (nSPS) is 11.3. The van der Waals surface area contributed by atoms with Gasteiger partial charge in [0.1, 0.15) is 6.04 Å². The molecule has 0 aromatic rings. The monoisotopic (exact) mass is 263 g/mol. The van der Waals surface area contributed by atoms with Crippen LogP contribution in [0.15, 0.2) is 0 Å². The van der Waals surface area contributed by atoms with E-state index in [0.717, 1.165) is 25.9 Å². The second kappa shape index (κ2) is 13.9. The summed E-state index contributed by atoms with van der Waals surface area (Å²) >= 11 is 0. The fourth-order valence-corrected chi connectivity index (χ4v) is 1.04. The molecule has 8 N–H and O–H groups in total. The first kappa shape index (κ1) is 19.2. The number of nitrogens with two attached hydrogens (primary N) is 3. The number of carbonyl (C=O) groups is 2. The number of hydrogen-bond donors (Lipinski definition) is 5. The van der Waals surface area contributed by atoms with Crippen molar-refractivity contribution < 1.29 is 19.8 Å². The summed E-state index contributed by atoms with van der Waals surface area (Å²) < 4.78 is 0. The molecule has 0 amide bonds. The second-order valence-corrected chi connectivity index (χ2v) is 3.87. The van der Waals surface area contributed by atoms with Gasteiger partial charge >= 0.3 is 11.9 Å². The highest BCUT2D eigenvalue weighted by Gasteiger charge is 2.12. The Labute approximate surface area is 107 Å².